The minimum Gasteiger partial charge on any atom is -0.484 e. The normalized spacial score (nSPS) is 19.9. The molecule has 1 aromatic rings. The van der Waals surface area contributed by atoms with Crippen molar-refractivity contribution in [3.8, 4) is 11.6 Å². The van der Waals surface area contributed by atoms with Crippen LogP contribution in [0, 0.1) is 0 Å². The van der Waals surface area contributed by atoms with Crippen LogP contribution in [0.3, 0.4) is 0 Å². The molecule has 0 N–H and O–H groups in total. The van der Waals surface area contributed by atoms with Crippen LogP contribution in [0.5, 0.6) is 11.6 Å². The Hall–Kier alpha value is -1.29. The van der Waals surface area contributed by atoms with Crippen molar-refractivity contribution < 1.29 is 14.2 Å². The zero-order chi connectivity index (χ0) is 9.10. The largest absolute Gasteiger partial charge is 0.484 e. The van der Waals surface area contributed by atoms with Crippen molar-refractivity contribution in [2.75, 3.05) is 20.3 Å². The Labute approximate surface area is 76.4 Å². The lowest BCUT2D eigenvalue weighted by Gasteiger charge is -2.24. The van der Waals surface area contributed by atoms with Gasteiger partial charge in [0.1, 0.15) is 6.61 Å². The molecule has 0 spiro atoms. The van der Waals surface area contributed by atoms with Gasteiger partial charge in [-0.2, -0.15) is 0 Å². The van der Waals surface area contributed by atoms with Gasteiger partial charge in [-0.1, -0.05) is 0 Å². The maximum atomic E-state index is 5.51. The fourth-order valence-electron chi connectivity index (χ4n) is 1.22. The number of nitrogens with zero attached hydrogens (tertiary/aromatic N) is 1. The molecule has 0 aromatic carbocycles. The lowest BCUT2D eigenvalue weighted by atomic mass is 10.3. The van der Waals surface area contributed by atoms with E-state index in [1.54, 1.807) is 13.3 Å². The van der Waals surface area contributed by atoms with Crippen LogP contribution in [0.4, 0.5) is 0 Å². The minimum atomic E-state index is -0.0487. The van der Waals surface area contributed by atoms with Crippen molar-refractivity contribution in [1.82, 2.24) is 4.98 Å². The summed E-state index contributed by atoms with van der Waals surface area (Å²) >= 11 is 0. The molecular weight excluding hydrogens is 170 g/mol. The number of hydrogen-bond acceptors (Lipinski definition) is 4. The van der Waals surface area contributed by atoms with Gasteiger partial charge >= 0.3 is 0 Å². The molecule has 13 heavy (non-hydrogen) atoms. The van der Waals surface area contributed by atoms with Crippen LogP contribution in [-0.2, 0) is 4.74 Å². The number of pyridine rings is 1. The average Bonchev–Trinajstić information content (AvgIpc) is 2.18. The molecule has 0 bridgehead atoms. The second-order valence-electron chi connectivity index (χ2n) is 2.81. The zero-order valence-electron chi connectivity index (χ0n) is 7.40. The predicted molar refractivity (Wildman–Crippen MR) is 46.0 cm³/mol. The van der Waals surface area contributed by atoms with E-state index >= 15 is 0 Å². The molecular formula is C9H11NO3. The number of ether oxygens (including phenoxy) is 3. The Kier molecular flexibility index (Phi) is 2.31. The van der Waals surface area contributed by atoms with Crippen LogP contribution < -0.4 is 9.47 Å². The quantitative estimate of drug-likeness (QED) is 0.678. The third kappa shape index (κ3) is 1.72. The molecule has 0 saturated heterocycles. The molecule has 2 rings (SSSR count). The summed E-state index contributed by atoms with van der Waals surface area (Å²) in [6.07, 6.45) is 1.63. The second-order valence-corrected chi connectivity index (χ2v) is 2.81. The van der Waals surface area contributed by atoms with Crippen molar-refractivity contribution in [3.63, 3.8) is 0 Å². The first kappa shape index (κ1) is 8.31. The van der Waals surface area contributed by atoms with E-state index in [1.807, 2.05) is 12.1 Å². The Balaban J connectivity index is 2.11. The number of rotatable bonds is 2. The van der Waals surface area contributed by atoms with Crippen LogP contribution in [0.15, 0.2) is 18.3 Å². The molecule has 1 atom stereocenters. The standard InChI is InChI=1S/C9H11NO3/c1-11-5-7-6-12-8-3-2-4-10-9(8)13-7/h2-4,7H,5-6H2,1H3. The van der Waals surface area contributed by atoms with Crippen molar-refractivity contribution in [1.29, 1.82) is 0 Å². The van der Waals surface area contributed by atoms with Crippen LogP contribution in [-0.4, -0.2) is 31.4 Å². The molecule has 1 aromatic heterocycles. The van der Waals surface area contributed by atoms with Gasteiger partial charge in [0, 0.05) is 13.3 Å². The van der Waals surface area contributed by atoms with E-state index in [1.165, 1.54) is 0 Å². The summed E-state index contributed by atoms with van der Waals surface area (Å²) in [6.45, 7) is 1.04. The van der Waals surface area contributed by atoms with Gasteiger partial charge in [-0.25, -0.2) is 4.98 Å². The smallest absolute Gasteiger partial charge is 0.257 e. The number of methoxy groups -OCH3 is 1. The number of fused-ring (bicyclic) bond motifs is 1. The third-order valence-corrected chi connectivity index (χ3v) is 1.79. The maximum absolute atomic E-state index is 5.51. The molecule has 2 heterocycles. The summed E-state index contributed by atoms with van der Waals surface area (Å²) < 4.78 is 15.9. The van der Waals surface area contributed by atoms with E-state index in [4.69, 9.17) is 14.2 Å². The summed E-state index contributed by atoms with van der Waals surface area (Å²) in [5.41, 5.74) is 0. The van der Waals surface area contributed by atoms with E-state index in [0.29, 0.717) is 24.8 Å². The van der Waals surface area contributed by atoms with Gasteiger partial charge < -0.3 is 14.2 Å². The number of aromatic nitrogens is 1. The van der Waals surface area contributed by atoms with E-state index in [9.17, 15) is 0 Å². The third-order valence-electron chi connectivity index (χ3n) is 1.79. The van der Waals surface area contributed by atoms with E-state index in [0.717, 1.165) is 0 Å². The van der Waals surface area contributed by atoms with E-state index in [-0.39, 0.29) is 6.10 Å². The number of hydrogen-bond donors (Lipinski definition) is 0. The Morgan fingerprint density at radius 3 is 3.46 bits per heavy atom. The average molecular weight is 181 g/mol. The van der Waals surface area contributed by atoms with Gasteiger partial charge in [0.2, 0.25) is 0 Å². The fraction of sp³-hybridized carbons (Fsp3) is 0.444. The molecule has 70 valence electrons. The Morgan fingerprint density at radius 2 is 2.62 bits per heavy atom. The molecule has 0 saturated carbocycles. The van der Waals surface area contributed by atoms with Crippen molar-refractivity contribution in [2.45, 2.75) is 6.10 Å². The molecule has 1 unspecified atom stereocenters. The van der Waals surface area contributed by atoms with Crippen LogP contribution in [0.1, 0.15) is 0 Å². The van der Waals surface area contributed by atoms with Gasteiger partial charge in [0.15, 0.2) is 11.9 Å². The summed E-state index contributed by atoms with van der Waals surface area (Å²) in [5, 5.41) is 0. The topological polar surface area (TPSA) is 40.6 Å². The first-order valence-corrected chi connectivity index (χ1v) is 4.13. The SMILES string of the molecule is COCC1COc2cccnc2O1. The molecule has 1 aliphatic heterocycles. The Bertz CT molecular complexity index is 290. The highest BCUT2D eigenvalue weighted by atomic mass is 16.6. The van der Waals surface area contributed by atoms with Crippen molar-refractivity contribution in [3.05, 3.63) is 18.3 Å². The molecule has 0 aliphatic carbocycles. The van der Waals surface area contributed by atoms with E-state index < -0.39 is 0 Å². The van der Waals surface area contributed by atoms with Crippen LogP contribution >= 0.6 is 0 Å². The predicted octanol–water partition coefficient (Wildman–Crippen LogP) is 0.868. The summed E-state index contributed by atoms with van der Waals surface area (Å²) in [5.74, 6) is 1.26. The second kappa shape index (κ2) is 3.62. The van der Waals surface area contributed by atoms with Crippen LogP contribution in [0.2, 0.25) is 0 Å². The molecule has 0 fully saturated rings. The van der Waals surface area contributed by atoms with Gasteiger partial charge in [0.05, 0.1) is 6.61 Å². The molecule has 4 heteroatoms. The lowest BCUT2D eigenvalue weighted by molar-refractivity contribution is 0.0234. The lowest BCUT2D eigenvalue weighted by Crippen LogP contribution is -2.33. The zero-order valence-corrected chi connectivity index (χ0v) is 7.40. The van der Waals surface area contributed by atoms with Crippen molar-refractivity contribution in [2.24, 2.45) is 0 Å². The van der Waals surface area contributed by atoms with E-state index in [2.05, 4.69) is 4.98 Å². The highest BCUT2D eigenvalue weighted by Gasteiger charge is 2.21. The fourth-order valence-corrected chi connectivity index (χ4v) is 1.22. The molecule has 0 radical (unpaired) electrons. The summed E-state index contributed by atoms with van der Waals surface area (Å²) in [6, 6.07) is 3.66. The van der Waals surface area contributed by atoms with Gasteiger partial charge in [-0.3, -0.25) is 0 Å². The van der Waals surface area contributed by atoms with Gasteiger partial charge in [0.25, 0.3) is 5.88 Å². The molecule has 4 nitrogen and oxygen atoms in total. The maximum Gasteiger partial charge on any atom is 0.257 e. The molecule has 1 aliphatic rings. The van der Waals surface area contributed by atoms with Gasteiger partial charge in [-0.15, -0.1) is 0 Å². The first-order chi connectivity index (χ1) is 6.40. The summed E-state index contributed by atoms with van der Waals surface area (Å²) in [4.78, 5) is 4.05. The monoisotopic (exact) mass is 181 g/mol. The Morgan fingerprint density at radius 1 is 1.69 bits per heavy atom. The minimum absolute atomic E-state index is 0.0487. The highest BCUT2D eigenvalue weighted by Crippen LogP contribution is 2.28. The van der Waals surface area contributed by atoms with Gasteiger partial charge in [-0.05, 0) is 12.1 Å². The van der Waals surface area contributed by atoms with Crippen molar-refractivity contribution >= 4 is 0 Å². The highest BCUT2D eigenvalue weighted by molar-refractivity contribution is 5.33. The summed E-state index contributed by atoms with van der Waals surface area (Å²) in [7, 11) is 1.64. The molecule has 0 amide bonds. The van der Waals surface area contributed by atoms with Crippen LogP contribution in [0.25, 0.3) is 0 Å². The first-order valence-electron chi connectivity index (χ1n) is 4.13.